The molecular formula is C33H57NO10. The molecule has 0 aliphatic carbocycles. The molecule has 2 unspecified atom stereocenters. The summed E-state index contributed by atoms with van der Waals surface area (Å²) in [5.41, 5.74) is -3.15. The fourth-order valence-corrected chi connectivity index (χ4v) is 6.92. The SMILES string of the molecule is C#CCCN(C)[C@H]1C[C@@H](C)OC(O[C@@H]2[C@H](C)[C@H](O)[C@@H](C)C(=O)O[C@H](CC)[C@@](C)(O)C(O)[C@@H](C)C(=O)[C@H](C)C[C@@]2(C)OC)[C@@H]1O. The molecule has 0 saturated carbocycles. The molecule has 0 aromatic rings. The highest BCUT2D eigenvalue weighted by molar-refractivity contribution is 5.83. The second kappa shape index (κ2) is 15.8. The Balaban J connectivity index is 2.58. The van der Waals surface area contributed by atoms with Crippen LogP contribution < -0.4 is 0 Å². The molecule has 2 rings (SSSR count). The Morgan fingerprint density at radius 1 is 1.07 bits per heavy atom. The summed E-state index contributed by atoms with van der Waals surface area (Å²) in [7, 11) is 3.35. The van der Waals surface area contributed by atoms with Crippen LogP contribution in [-0.4, -0.2) is 118 Å². The van der Waals surface area contributed by atoms with Crippen molar-refractivity contribution in [2.75, 3.05) is 20.7 Å². The maximum Gasteiger partial charge on any atom is 0.311 e. The second-order valence-corrected chi connectivity index (χ2v) is 13.6. The van der Waals surface area contributed by atoms with Crippen LogP contribution in [0.5, 0.6) is 0 Å². The molecule has 0 aromatic heterocycles. The number of terminal acetylenes is 1. The Hall–Kier alpha value is -1.62. The van der Waals surface area contributed by atoms with Gasteiger partial charge in [0.05, 0.1) is 35.9 Å². The van der Waals surface area contributed by atoms with E-state index in [0.29, 0.717) is 19.4 Å². The number of esters is 1. The predicted octanol–water partition coefficient (Wildman–Crippen LogP) is 1.91. The number of Topliss-reactive ketones (excluding diaryl/α,β-unsaturated/α-hetero) is 1. The molecule has 14 atom stereocenters. The van der Waals surface area contributed by atoms with E-state index in [1.807, 2.05) is 18.9 Å². The first-order valence-corrected chi connectivity index (χ1v) is 15.9. The number of aliphatic hydroxyl groups is 4. The number of likely N-dealkylation sites (N-methyl/N-ethyl adjacent to an activating group) is 1. The van der Waals surface area contributed by atoms with Crippen molar-refractivity contribution in [1.29, 1.82) is 0 Å². The number of aliphatic hydroxyl groups excluding tert-OH is 3. The lowest BCUT2D eigenvalue weighted by atomic mass is 9.74. The Kier molecular flexibility index (Phi) is 13.8. The molecule has 2 heterocycles. The molecular weight excluding hydrogens is 570 g/mol. The van der Waals surface area contributed by atoms with Crippen LogP contribution in [0.15, 0.2) is 0 Å². The first kappa shape index (κ1) is 38.6. The first-order valence-electron chi connectivity index (χ1n) is 15.9. The average molecular weight is 628 g/mol. The third kappa shape index (κ3) is 8.39. The number of cyclic esters (lactones) is 1. The minimum atomic E-state index is -1.93. The van der Waals surface area contributed by atoms with E-state index in [4.69, 9.17) is 25.4 Å². The Bertz CT molecular complexity index is 1000. The Labute approximate surface area is 263 Å². The van der Waals surface area contributed by atoms with Gasteiger partial charge in [-0.3, -0.25) is 14.5 Å². The van der Waals surface area contributed by atoms with E-state index in [-0.39, 0.29) is 30.8 Å². The van der Waals surface area contributed by atoms with Crippen LogP contribution in [-0.2, 0) is 28.5 Å². The second-order valence-electron chi connectivity index (χ2n) is 13.6. The van der Waals surface area contributed by atoms with Gasteiger partial charge in [-0.1, -0.05) is 27.7 Å². The lowest BCUT2D eigenvalue weighted by Crippen LogP contribution is -2.60. The van der Waals surface area contributed by atoms with Gasteiger partial charge >= 0.3 is 5.97 Å². The number of hydrogen-bond donors (Lipinski definition) is 4. The van der Waals surface area contributed by atoms with E-state index in [1.165, 1.54) is 27.9 Å². The van der Waals surface area contributed by atoms with E-state index < -0.39 is 77.7 Å². The summed E-state index contributed by atoms with van der Waals surface area (Å²) < 4.78 is 24.4. The summed E-state index contributed by atoms with van der Waals surface area (Å²) in [6.45, 7) is 13.7. The summed E-state index contributed by atoms with van der Waals surface area (Å²) in [4.78, 5) is 29.0. The summed E-state index contributed by atoms with van der Waals surface area (Å²) in [6.07, 6.45) is -0.601. The highest BCUT2D eigenvalue weighted by Crippen LogP contribution is 2.39. The van der Waals surface area contributed by atoms with Crippen LogP contribution >= 0.6 is 0 Å². The van der Waals surface area contributed by atoms with E-state index >= 15 is 0 Å². The molecule has 2 saturated heterocycles. The van der Waals surface area contributed by atoms with E-state index in [1.54, 1.807) is 27.7 Å². The third-order valence-corrected chi connectivity index (χ3v) is 10.0. The zero-order chi connectivity index (χ0) is 33.7. The summed E-state index contributed by atoms with van der Waals surface area (Å²) in [6, 6.07) is -0.319. The van der Waals surface area contributed by atoms with Gasteiger partial charge in [-0.25, -0.2) is 0 Å². The summed E-state index contributed by atoms with van der Waals surface area (Å²) >= 11 is 0. The van der Waals surface area contributed by atoms with Crippen LogP contribution in [0.25, 0.3) is 0 Å². The Morgan fingerprint density at radius 3 is 2.23 bits per heavy atom. The number of rotatable bonds is 7. The van der Waals surface area contributed by atoms with Gasteiger partial charge in [0.25, 0.3) is 0 Å². The van der Waals surface area contributed by atoms with Crippen LogP contribution in [0, 0.1) is 36.0 Å². The lowest BCUT2D eigenvalue weighted by molar-refractivity contribution is -0.302. The molecule has 0 aromatic carbocycles. The molecule has 2 fully saturated rings. The lowest BCUT2D eigenvalue weighted by Gasteiger charge is -2.48. The maximum absolute atomic E-state index is 13.7. The van der Waals surface area contributed by atoms with Crippen LogP contribution in [0.4, 0.5) is 0 Å². The predicted molar refractivity (Wildman–Crippen MR) is 164 cm³/mol. The molecule has 44 heavy (non-hydrogen) atoms. The smallest absolute Gasteiger partial charge is 0.311 e. The summed E-state index contributed by atoms with van der Waals surface area (Å²) in [5.74, 6) is -1.98. The molecule has 2 aliphatic heterocycles. The summed E-state index contributed by atoms with van der Waals surface area (Å²) in [5, 5.41) is 45.5. The number of methoxy groups -OCH3 is 1. The van der Waals surface area contributed by atoms with Crippen LogP contribution in [0.2, 0.25) is 0 Å². The molecule has 0 amide bonds. The molecule has 4 N–H and O–H groups in total. The number of carbonyl (C=O) groups excluding carboxylic acids is 2. The molecule has 0 bridgehead atoms. The van der Waals surface area contributed by atoms with Crippen molar-refractivity contribution in [2.24, 2.45) is 23.7 Å². The number of carbonyl (C=O) groups is 2. The van der Waals surface area contributed by atoms with Crippen molar-refractivity contribution in [3.8, 4) is 12.3 Å². The van der Waals surface area contributed by atoms with Gasteiger partial charge < -0.3 is 39.4 Å². The fourth-order valence-electron chi connectivity index (χ4n) is 6.92. The van der Waals surface area contributed by atoms with Gasteiger partial charge in [0.2, 0.25) is 0 Å². The van der Waals surface area contributed by atoms with Gasteiger partial charge in [-0.05, 0) is 54.0 Å². The third-order valence-electron chi connectivity index (χ3n) is 10.0. The molecule has 254 valence electrons. The van der Waals surface area contributed by atoms with Gasteiger partial charge in [0, 0.05) is 43.9 Å². The van der Waals surface area contributed by atoms with Crippen molar-refractivity contribution in [3.63, 3.8) is 0 Å². The average Bonchev–Trinajstić information content (AvgIpc) is 2.99. The van der Waals surface area contributed by atoms with E-state index in [0.717, 1.165) is 0 Å². The van der Waals surface area contributed by atoms with Gasteiger partial charge in [-0.2, -0.15) is 0 Å². The normalized spacial score (nSPS) is 45.0. The minimum Gasteiger partial charge on any atom is -0.459 e. The largest absolute Gasteiger partial charge is 0.459 e. The van der Waals surface area contributed by atoms with Crippen molar-refractivity contribution >= 4 is 11.8 Å². The van der Waals surface area contributed by atoms with Crippen molar-refractivity contribution in [1.82, 2.24) is 4.90 Å². The zero-order valence-electron chi connectivity index (χ0n) is 28.2. The minimum absolute atomic E-state index is 0.114. The highest BCUT2D eigenvalue weighted by Gasteiger charge is 2.52. The fraction of sp³-hybridized carbons (Fsp3) is 0.879. The number of ketones is 1. The molecule has 11 nitrogen and oxygen atoms in total. The quantitative estimate of drug-likeness (QED) is 0.242. The first-order chi connectivity index (χ1) is 20.4. The van der Waals surface area contributed by atoms with Gasteiger partial charge in [0.15, 0.2) is 6.29 Å². The monoisotopic (exact) mass is 627 g/mol. The molecule has 0 radical (unpaired) electrons. The van der Waals surface area contributed by atoms with E-state index in [9.17, 15) is 30.0 Å². The van der Waals surface area contributed by atoms with Crippen molar-refractivity contribution in [2.45, 2.75) is 141 Å². The number of ether oxygens (including phenoxy) is 4. The topological polar surface area (TPSA) is 155 Å². The number of hydrogen-bond acceptors (Lipinski definition) is 11. The molecule has 0 spiro atoms. The van der Waals surface area contributed by atoms with Crippen molar-refractivity contribution in [3.05, 3.63) is 0 Å². The van der Waals surface area contributed by atoms with Crippen LogP contribution in [0.3, 0.4) is 0 Å². The standard InChI is InChI=1S/C33H57NO10/c1-12-14-15-34(10)23-16-19(4)42-31(27(23)37)44-29-21(6)26(36)22(7)30(39)43-24(13-2)33(9,40)28(38)20(5)25(35)18(3)17-32(29,8)41-11/h1,18-24,26-29,31,36-38,40H,13-17H2,2-11H3/t18-,19-,20+,21-,22-,23+,24-,26+,27-,28?,29-,31?,32-,33-/m1/s1. The van der Waals surface area contributed by atoms with E-state index in [2.05, 4.69) is 5.92 Å². The van der Waals surface area contributed by atoms with Gasteiger partial charge in [0.1, 0.15) is 23.6 Å². The molecule has 2 aliphatic rings. The maximum atomic E-state index is 13.7. The Morgan fingerprint density at radius 2 is 1.68 bits per heavy atom. The highest BCUT2D eigenvalue weighted by atomic mass is 16.7. The van der Waals surface area contributed by atoms with Crippen molar-refractivity contribution < 1.29 is 49.0 Å². The van der Waals surface area contributed by atoms with Crippen LogP contribution in [0.1, 0.15) is 81.1 Å². The number of nitrogens with zero attached hydrogens (tertiary/aromatic N) is 1. The van der Waals surface area contributed by atoms with Gasteiger partial charge in [-0.15, -0.1) is 12.3 Å². The zero-order valence-corrected chi connectivity index (χ0v) is 28.2. The molecule has 11 heteroatoms.